The molecular formula is C17H19NO4. The predicted octanol–water partition coefficient (Wildman–Crippen LogP) is 2.37. The average Bonchev–Trinajstić information content (AvgIpc) is 2.88. The number of rotatable bonds is 6. The van der Waals surface area contributed by atoms with Gasteiger partial charge in [-0.2, -0.15) is 0 Å². The van der Waals surface area contributed by atoms with Crippen LogP contribution < -0.4 is 4.74 Å². The van der Waals surface area contributed by atoms with Gasteiger partial charge in [-0.25, -0.2) is 0 Å². The van der Waals surface area contributed by atoms with Crippen LogP contribution in [0.1, 0.15) is 28.7 Å². The molecule has 0 aliphatic rings. The number of nitrogens with zero attached hydrogens (tertiary/aromatic N) is 1. The lowest BCUT2D eigenvalue weighted by atomic mass is 10.1. The number of benzene rings is 1. The van der Waals surface area contributed by atoms with Gasteiger partial charge in [-0.3, -0.25) is 9.59 Å². The lowest BCUT2D eigenvalue weighted by Crippen LogP contribution is -2.13. The zero-order valence-corrected chi connectivity index (χ0v) is 13.0. The van der Waals surface area contributed by atoms with Crippen LogP contribution in [0.15, 0.2) is 36.4 Å². The van der Waals surface area contributed by atoms with Gasteiger partial charge in [0.15, 0.2) is 0 Å². The molecule has 1 aromatic heterocycles. The smallest absolute Gasteiger partial charge is 0.311 e. The van der Waals surface area contributed by atoms with Crippen LogP contribution in [0.2, 0.25) is 0 Å². The third kappa shape index (κ3) is 3.36. The highest BCUT2D eigenvalue weighted by Gasteiger charge is 2.16. The van der Waals surface area contributed by atoms with Gasteiger partial charge in [0, 0.05) is 18.3 Å². The van der Waals surface area contributed by atoms with Crippen LogP contribution in [0, 0.1) is 0 Å². The average molecular weight is 301 g/mol. The van der Waals surface area contributed by atoms with Crippen molar-refractivity contribution >= 4 is 11.8 Å². The molecule has 0 atom stereocenters. The van der Waals surface area contributed by atoms with Crippen LogP contribution in [0.3, 0.4) is 0 Å². The van der Waals surface area contributed by atoms with Crippen molar-refractivity contribution in [1.82, 2.24) is 4.57 Å². The molecule has 2 rings (SSSR count). The molecule has 0 amide bonds. The van der Waals surface area contributed by atoms with Gasteiger partial charge in [0.2, 0.25) is 5.78 Å². The SMILES string of the molecule is CCOC(=O)Cc1ccc(C(=O)c2ccc(OC)cc2)n1C. The van der Waals surface area contributed by atoms with E-state index >= 15 is 0 Å². The molecule has 0 saturated carbocycles. The highest BCUT2D eigenvalue weighted by Crippen LogP contribution is 2.17. The van der Waals surface area contributed by atoms with Gasteiger partial charge in [0.1, 0.15) is 5.75 Å². The van der Waals surface area contributed by atoms with E-state index in [9.17, 15) is 9.59 Å². The topological polar surface area (TPSA) is 57.5 Å². The molecule has 22 heavy (non-hydrogen) atoms. The van der Waals surface area contributed by atoms with E-state index in [0.29, 0.717) is 23.6 Å². The second-order valence-electron chi connectivity index (χ2n) is 4.81. The van der Waals surface area contributed by atoms with Gasteiger partial charge in [0.25, 0.3) is 0 Å². The van der Waals surface area contributed by atoms with E-state index in [-0.39, 0.29) is 18.2 Å². The summed E-state index contributed by atoms with van der Waals surface area (Å²) in [5, 5.41) is 0. The van der Waals surface area contributed by atoms with Crippen molar-refractivity contribution in [2.24, 2.45) is 7.05 Å². The fraction of sp³-hybridized carbons (Fsp3) is 0.294. The molecule has 0 aliphatic carbocycles. The largest absolute Gasteiger partial charge is 0.497 e. The summed E-state index contributed by atoms with van der Waals surface area (Å²) in [7, 11) is 3.35. The van der Waals surface area contributed by atoms with Crippen LogP contribution >= 0.6 is 0 Å². The number of ether oxygens (including phenoxy) is 2. The molecule has 5 nitrogen and oxygen atoms in total. The van der Waals surface area contributed by atoms with Crippen LogP contribution in [0.25, 0.3) is 0 Å². The third-order valence-corrected chi connectivity index (χ3v) is 3.44. The zero-order chi connectivity index (χ0) is 16.1. The summed E-state index contributed by atoms with van der Waals surface area (Å²) in [5.74, 6) is 0.304. The first kappa shape index (κ1) is 15.8. The Bertz CT molecular complexity index is 670. The summed E-state index contributed by atoms with van der Waals surface area (Å²) in [6, 6.07) is 10.4. The maximum absolute atomic E-state index is 12.5. The molecule has 116 valence electrons. The van der Waals surface area contributed by atoms with E-state index in [1.54, 1.807) is 62.0 Å². The fourth-order valence-electron chi connectivity index (χ4n) is 2.21. The van der Waals surface area contributed by atoms with E-state index < -0.39 is 0 Å². The van der Waals surface area contributed by atoms with Crippen LogP contribution in [-0.2, 0) is 23.0 Å². The van der Waals surface area contributed by atoms with Gasteiger partial charge in [-0.15, -0.1) is 0 Å². The number of ketones is 1. The minimum absolute atomic E-state index is 0.0970. The summed E-state index contributed by atoms with van der Waals surface area (Å²) in [5.41, 5.74) is 1.85. The second-order valence-corrected chi connectivity index (χ2v) is 4.81. The number of carbonyl (C=O) groups excluding carboxylic acids is 2. The molecule has 0 aliphatic heterocycles. The minimum atomic E-state index is -0.299. The Labute approximate surface area is 129 Å². The standard InChI is InChI=1S/C17H19NO4/c1-4-22-16(19)11-13-7-10-15(18(13)2)17(20)12-5-8-14(21-3)9-6-12/h5-10H,4,11H2,1-3H3. The molecule has 1 aromatic carbocycles. The van der Waals surface area contributed by atoms with E-state index in [2.05, 4.69) is 0 Å². The minimum Gasteiger partial charge on any atom is -0.497 e. The Morgan fingerprint density at radius 2 is 1.77 bits per heavy atom. The molecule has 0 radical (unpaired) electrons. The Kier molecular flexibility index (Phi) is 4.99. The first-order valence-corrected chi connectivity index (χ1v) is 7.05. The van der Waals surface area contributed by atoms with E-state index in [4.69, 9.17) is 9.47 Å². The van der Waals surface area contributed by atoms with Crippen molar-refractivity contribution in [3.05, 3.63) is 53.3 Å². The van der Waals surface area contributed by atoms with Crippen LogP contribution in [0.5, 0.6) is 5.75 Å². The number of hydrogen-bond acceptors (Lipinski definition) is 4. The summed E-state index contributed by atoms with van der Waals surface area (Å²) >= 11 is 0. The second kappa shape index (κ2) is 6.93. The molecule has 1 heterocycles. The Morgan fingerprint density at radius 1 is 1.09 bits per heavy atom. The molecule has 0 spiro atoms. The quantitative estimate of drug-likeness (QED) is 0.607. The molecule has 0 saturated heterocycles. The highest BCUT2D eigenvalue weighted by atomic mass is 16.5. The van der Waals surface area contributed by atoms with Crippen molar-refractivity contribution < 1.29 is 19.1 Å². The van der Waals surface area contributed by atoms with Crippen LogP contribution in [-0.4, -0.2) is 30.0 Å². The molecule has 0 N–H and O–H groups in total. The Hall–Kier alpha value is -2.56. The third-order valence-electron chi connectivity index (χ3n) is 3.44. The monoisotopic (exact) mass is 301 g/mol. The van der Waals surface area contributed by atoms with Gasteiger partial charge >= 0.3 is 5.97 Å². The lowest BCUT2D eigenvalue weighted by Gasteiger charge is -2.07. The number of esters is 1. The van der Waals surface area contributed by atoms with Gasteiger partial charge < -0.3 is 14.0 Å². The predicted molar refractivity (Wildman–Crippen MR) is 82.2 cm³/mol. The lowest BCUT2D eigenvalue weighted by molar-refractivity contribution is -0.142. The fourth-order valence-corrected chi connectivity index (χ4v) is 2.21. The summed E-state index contributed by atoms with van der Waals surface area (Å²) < 4.78 is 11.7. The van der Waals surface area contributed by atoms with E-state index in [1.165, 1.54) is 0 Å². The number of aromatic nitrogens is 1. The normalized spacial score (nSPS) is 10.3. The van der Waals surface area contributed by atoms with Crippen molar-refractivity contribution in [3.8, 4) is 5.75 Å². The number of methoxy groups -OCH3 is 1. The van der Waals surface area contributed by atoms with E-state index in [0.717, 1.165) is 5.69 Å². The molecule has 0 unspecified atom stereocenters. The summed E-state index contributed by atoms with van der Waals surface area (Å²) in [6.07, 6.45) is 0.153. The van der Waals surface area contributed by atoms with Crippen molar-refractivity contribution in [1.29, 1.82) is 0 Å². The maximum Gasteiger partial charge on any atom is 0.311 e. The van der Waals surface area contributed by atoms with E-state index in [1.807, 2.05) is 0 Å². The van der Waals surface area contributed by atoms with Gasteiger partial charge in [-0.05, 0) is 43.3 Å². The molecule has 2 aromatic rings. The Morgan fingerprint density at radius 3 is 2.36 bits per heavy atom. The van der Waals surface area contributed by atoms with Crippen LogP contribution in [0.4, 0.5) is 0 Å². The first-order chi connectivity index (χ1) is 10.6. The maximum atomic E-state index is 12.5. The van der Waals surface area contributed by atoms with Crippen molar-refractivity contribution in [2.45, 2.75) is 13.3 Å². The molecule has 5 heteroatoms. The summed E-state index contributed by atoms with van der Waals surface area (Å²) in [4.78, 5) is 24.1. The number of carbonyl (C=O) groups is 2. The molecular weight excluding hydrogens is 282 g/mol. The molecule has 0 fully saturated rings. The van der Waals surface area contributed by atoms with Gasteiger partial charge in [-0.1, -0.05) is 0 Å². The molecule has 0 bridgehead atoms. The highest BCUT2D eigenvalue weighted by molar-refractivity contribution is 6.08. The van der Waals surface area contributed by atoms with Crippen molar-refractivity contribution in [2.75, 3.05) is 13.7 Å². The summed E-state index contributed by atoms with van der Waals surface area (Å²) in [6.45, 7) is 2.11. The first-order valence-electron chi connectivity index (χ1n) is 7.05. The Balaban J connectivity index is 2.19. The number of hydrogen-bond donors (Lipinski definition) is 0. The van der Waals surface area contributed by atoms with Crippen molar-refractivity contribution in [3.63, 3.8) is 0 Å². The zero-order valence-electron chi connectivity index (χ0n) is 13.0. The van der Waals surface area contributed by atoms with Gasteiger partial charge in [0.05, 0.1) is 25.8 Å².